The highest BCUT2D eigenvalue weighted by Crippen LogP contribution is 2.33. The summed E-state index contributed by atoms with van der Waals surface area (Å²) in [6.07, 6.45) is 0.879. The number of hydrogen-bond donors (Lipinski definition) is 1. The molecule has 0 saturated heterocycles. The Balaban J connectivity index is 1.48. The van der Waals surface area contributed by atoms with E-state index in [1.54, 1.807) is 30.3 Å². The Hall–Kier alpha value is -4.01. The van der Waals surface area contributed by atoms with E-state index in [0.717, 1.165) is 10.5 Å². The number of aldehydes is 1. The molecule has 1 N–H and O–H groups in total. The molecule has 0 aromatic heterocycles. The van der Waals surface area contributed by atoms with Gasteiger partial charge in [0.05, 0.1) is 23.6 Å². The van der Waals surface area contributed by atoms with E-state index in [1.165, 1.54) is 13.0 Å². The molecule has 0 spiro atoms. The molecule has 9 nitrogen and oxygen atoms in total. The van der Waals surface area contributed by atoms with Crippen molar-refractivity contribution in [2.24, 2.45) is 0 Å². The van der Waals surface area contributed by atoms with Gasteiger partial charge < -0.3 is 19.6 Å². The molecule has 2 aliphatic rings. The minimum atomic E-state index is -1.00. The number of amides is 3. The number of fused-ring (bicyclic) bond motifs is 2. The first-order valence-corrected chi connectivity index (χ1v) is 10.5. The Morgan fingerprint density at radius 1 is 1.12 bits per heavy atom. The molecule has 2 aliphatic heterocycles. The molecule has 3 amide bonds. The van der Waals surface area contributed by atoms with E-state index in [2.05, 4.69) is 5.32 Å². The summed E-state index contributed by atoms with van der Waals surface area (Å²) in [4.78, 5) is 62.3. The maximum absolute atomic E-state index is 13.1. The first kappa shape index (κ1) is 22.2. The number of nitrogens with zero attached hydrogens (tertiary/aromatic N) is 1. The predicted molar refractivity (Wildman–Crippen MR) is 115 cm³/mol. The number of benzene rings is 2. The number of ketones is 1. The molecule has 2 aromatic carbocycles. The largest absolute Gasteiger partial charge is 0.454 e. The van der Waals surface area contributed by atoms with Crippen LogP contribution >= 0.6 is 0 Å². The van der Waals surface area contributed by atoms with E-state index in [4.69, 9.17) is 9.47 Å². The Kier molecular flexibility index (Phi) is 6.21. The number of carbonyl (C=O) groups excluding carboxylic acids is 5. The second kappa shape index (κ2) is 9.23. The third-order valence-corrected chi connectivity index (χ3v) is 5.65. The lowest BCUT2D eigenvalue weighted by molar-refractivity contribution is -0.121. The van der Waals surface area contributed by atoms with Crippen molar-refractivity contribution in [3.05, 3.63) is 58.7 Å². The number of rotatable bonds is 9. The number of ether oxygens (including phenoxy) is 2. The van der Waals surface area contributed by atoms with Gasteiger partial charge in [-0.2, -0.15) is 0 Å². The van der Waals surface area contributed by atoms with Crippen LogP contribution in [0.5, 0.6) is 11.5 Å². The summed E-state index contributed by atoms with van der Waals surface area (Å²) in [5.74, 6) is -0.599. The summed E-state index contributed by atoms with van der Waals surface area (Å²) in [6, 6.07) is 9.05. The van der Waals surface area contributed by atoms with E-state index in [0.29, 0.717) is 23.3 Å². The number of imide groups is 1. The van der Waals surface area contributed by atoms with Crippen LogP contribution in [0.1, 0.15) is 51.6 Å². The van der Waals surface area contributed by atoms with Gasteiger partial charge >= 0.3 is 0 Å². The van der Waals surface area contributed by atoms with E-state index in [9.17, 15) is 24.0 Å². The molecule has 4 rings (SSSR count). The summed E-state index contributed by atoms with van der Waals surface area (Å²) in [7, 11) is 0. The van der Waals surface area contributed by atoms with Gasteiger partial charge in [-0.05, 0) is 42.7 Å². The summed E-state index contributed by atoms with van der Waals surface area (Å²) < 4.78 is 10.6. The quantitative estimate of drug-likeness (QED) is 0.457. The number of hydrogen-bond acceptors (Lipinski definition) is 7. The molecule has 0 aliphatic carbocycles. The van der Waals surface area contributed by atoms with Crippen molar-refractivity contribution >= 4 is 29.8 Å². The molecule has 2 heterocycles. The van der Waals surface area contributed by atoms with Crippen molar-refractivity contribution in [3.8, 4) is 11.5 Å². The molecule has 0 fully saturated rings. The minimum absolute atomic E-state index is 0.0402. The Morgan fingerprint density at radius 2 is 1.91 bits per heavy atom. The average Bonchev–Trinajstić information content (AvgIpc) is 3.36. The molecular weight excluding hydrogens is 428 g/mol. The third-order valence-electron chi connectivity index (χ3n) is 5.65. The predicted octanol–water partition coefficient (Wildman–Crippen LogP) is 1.81. The van der Waals surface area contributed by atoms with E-state index in [1.807, 2.05) is 0 Å². The first-order chi connectivity index (χ1) is 15.9. The van der Waals surface area contributed by atoms with Crippen LogP contribution in [0.15, 0.2) is 36.4 Å². The molecule has 0 radical (unpaired) electrons. The van der Waals surface area contributed by atoms with Crippen LogP contribution in [0, 0.1) is 0 Å². The van der Waals surface area contributed by atoms with Gasteiger partial charge in [0, 0.05) is 13.0 Å². The summed E-state index contributed by atoms with van der Waals surface area (Å²) in [5, 5.41) is 2.78. The number of nitrogens with one attached hydrogen (secondary N) is 1. The van der Waals surface area contributed by atoms with Crippen LogP contribution in [-0.2, 0) is 27.3 Å². The minimum Gasteiger partial charge on any atom is -0.454 e. The van der Waals surface area contributed by atoms with Gasteiger partial charge in [-0.15, -0.1) is 0 Å². The maximum Gasteiger partial charge on any atom is 0.262 e. The van der Waals surface area contributed by atoms with Gasteiger partial charge in [-0.3, -0.25) is 24.1 Å². The van der Waals surface area contributed by atoms with Gasteiger partial charge in [0.25, 0.3) is 11.8 Å². The lowest BCUT2D eigenvalue weighted by Gasteiger charge is -2.23. The van der Waals surface area contributed by atoms with Crippen LogP contribution < -0.4 is 14.8 Å². The van der Waals surface area contributed by atoms with Crippen molar-refractivity contribution in [1.29, 1.82) is 0 Å². The number of Topliss-reactive ketones (excluding diaryl/α,β-unsaturated/α-hetero) is 1. The van der Waals surface area contributed by atoms with Gasteiger partial charge in [0.15, 0.2) is 17.3 Å². The van der Waals surface area contributed by atoms with Gasteiger partial charge in [0.2, 0.25) is 12.7 Å². The van der Waals surface area contributed by atoms with Crippen LogP contribution in [0.2, 0.25) is 0 Å². The summed E-state index contributed by atoms with van der Waals surface area (Å²) in [5.41, 5.74) is 1.57. The second-order valence-electron chi connectivity index (χ2n) is 7.83. The average molecular weight is 450 g/mol. The highest BCUT2D eigenvalue weighted by atomic mass is 16.7. The highest BCUT2D eigenvalue weighted by Gasteiger charge is 2.42. The fourth-order valence-corrected chi connectivity index (χ4v) is 4.04. The molecule has 9 heteroatoms. The molecular formula is C24H22N2O7. The zero-order valence-electron chi connectivity index (χ0n) is 18.0. The number of carbonyl (C=O) groups is 5. The Morgan fingerprint density at radius 3 is 2.67 bits per heavy atom. The van der Waals surface area contributed by atoms with Gasteiger partial charge in [-0.1, -0.05) is 18.2 Å². The van der Waals surface area contributed by atoms with Crippen molar-refractivity contribution in [3.63, 3.8) is 0 Å². The molecule has 1 atom stereocenters. The van der Waals surface area contributed by atoms with E-state index >= 15 is 0 Å². The van der Waals surface area contributed by atoms with Crippen molar-refractivity contribution in [1.82, 2.24) is 10.2 Å². The zero-order chi connectivity index (χ0) is 23.5. The smallest absolute Gasteiger partial charge is 0.262 e. The highest BCUT2D eigenvalue weighted by molar-refractivity contribution is 6.23. The SMILES string of the molecule is CC(=O)C(CCC=O)N1C(=O)c2cccc(CNC(=O)Cc3ccc4c(c3)OCO4)c2C1=O. The molecule has 33 heavy (non-hydrogen) atoms. The molecule has 0 saturated carbocycles. The van der Waals surface area contributed by atoms with Crippen LogP contribution in [-0.4, -0.2) is 47.5 Å². The van der Waals surface area contributed by atoms with Crippen molar-refractivity contribution in [2.45, 2.75) is 38.8 Å². The monoisotopic (exact) mass is 450 g/mol. The van der Waals surface area contributed by atoms with E-state index < -0.39 is 17.9 Å². The second-order valence-corrected chi connectivity index (χ2v) is 7.83. The fraction of sp³-hybridized carbons (Fsp3) is 0.292. The zero-order valence-corrected chi connectivity index (χ0v) is 18.0. The van der Waals surface area contributed by atoms with Crippen LogP contribution in [0.3, 0.4) is 0 Å². The van der Waals surface area contributed by atoms with Gasteiger partial charge in [-0.25, -0.2) is 0 Å². The van der Waals surface area contributed by atoms with E-state index in [-0.39, 0.29) is 55.4 Å². The maximum atomic E-state index is 13.1. The molecule has 0 bridgehead atoms. The van der Waals surface area contributed by atoms with Crippen LogP contribution in [0.4, 0.5) is 0 Å². The van der Waals surface area contributed by atoms with Gasteiger partial charge in [0.1, 0.15) is 6.29 Å². The van der Waals surface area contributed by atoms with Crippen molar-refractivity contribution in [2.75, 3.05) is 6.79 Å². The summed E-state index contributed by atoms with van der Waals surface area (Å²) >= 11 is 0. The molecule has 170 valence electrons. The molecule has 1 unspecified atom stereocenters. The fourth-order valence-electron chi connectivity index (χ4n) is 4.04. The lowest BCUT2D eigenvalue weighted by Crippen LogP contribution is -2.44. The third kappa shape index (κ3) is 4.34. The van der Waals surface area contributed by atoms with Crippen molar-refractivity contribution < 1.29 is 33.4 Å². The first-order valence-electron chi connectivity index (χ1n) is 10.5. The topological polar surface area (TPSA) is 119 Å². The lowest BCUT2D eigenvalue weighted by atomic mass is 10.0. The Labute approximate surface area is 189 Å². The standard InChI is InChI=1S/C24H22N2O7/c1-14(28)18(6-3-9-27)26-23(30)17-5-2-4-16(22(17)24(26)31)12-25-21(29)11-15-7-8-19-20(10-15)33-13-32-19/h2,4-5,7-10,18H,3,6,11-13H2,1H3,(H,25,29). The summed E-state index contributed by atoms with van der Waals surface area (Å²) in [6.45, 7) is 1.47. The molecule has 2 aromatic rings. The Bertz CT molecular complexity index is 1160. The van der Waals surface area contributed by atoms with Crippen LogP contribution in [0.25, 0.3) is 0 Å². The normalized spacial score (nSPS) is 14.8.